The molecule has 3 heterocycles. The molecule has 1 aliphatic heterocycles. The molecule has 2 aromatic rings. The van der Waals surface area contributed by atoms with Crippen molar-refractivity contribution in [2.75, 3.05) is 13.1 Å². The predicted octanol–water partition coefficient (Wildman–Crippen LogP) is 2.84. The number of aromatic nitrogens is 4. The average Bonchev–Trinajstić information content (AvgIpc) is 2.95. The van der Waals surface area contributed by atoms with Gasteiger partial charge in [0.25, 0.3) is 0 Å². The van der Waals surface area contributed by atoms with Crippen LogP contribution in [0.5, 0.6) is 0 Å². The van der Waals surface area contributed by atoms with Gasteiger partial charge in [0.1, 0.15) is 11.4 Å². The Labute approximate surface area is 132 Å². The van der Waals surface area contributed by atoms with Crippen molar-refractivity contribution in [2.24, 2.45) is 5.92 Å². The summed E-state index contributed by atoms with van der Waals surface area (Å²) >= 11 is 0. The van der Waals surface area contributed by atoms with Gasteiger partial charge in [-0.3, -0.25) is 15.1 Å². The van der Waals surface area contributed by atoms with Crippen LogP contribution in [0.3, 0.4) is 0 Å². The molecule has 2 aromatic heterocycles. The molecule has 3 rings (SSSR count). The summed E-state index contributed by atoms with van der Waals surface area (Å²) in [6.45, 7) is 8.96. The maximum absolute atomic E-state index is 4.59. The van der Waals surface area contributed by atoms with E-state index in [1.807, 2.05) is 25.4 Å². The van der Waals surface area contributed by atoms with Gasteiger partial charge in [-0.1, -0.05) is 0 Å². The second-order valence-corrected chi connectivity index (χ2v) is 6.63. The lowest BCUT2D eigenvalue weighted by molar-refractivity contribution is 0.139. The van der Waals surface area contributed by atoms with Crippen molar-refractivity contribution in [3.05, 3.63) is 29.8 Å². The number of hydrogen-bond donors (Lipinski definition) is 1. The largest absolute Gasteiger partial charge is 0.301 e. The van der Waals surface area contributed by atoms with Crippen LogP contribution in [-0.4, -0.2) is 44.2 Å². The molecule has 5 heteroatoms. The Morgan fingerprint density at radius 3 is 2.77 bits per heavy atom. The van der Waals surface area contributed by atoms with E-state index in [0.29, 0.717) is 12.0 Å². The molecule has 1 aliphatic rings. The van der Waals surface area contributed by atoms with Crippen molar-refractivity contribution in [1.29, 1.82) is 0 Å². The molecule has 1 atom stereocenters. The van der Waals surface area contributed by atoms with Crippen molar-refractivity contribution < 1.29 is 0 Å². The summed E-state index contributed by atoms with van der Waals surface area (Å²) in [4.78, 5) is 11.7. The highest BCUT2D eigenvalue weighted by Gasteiger charge is 2.22. The first-order valence-electron chi connectivity index (χ1n) is 8.19. The molecule has 0 bridgehead atoms. The molecule has 0 unspecified atom stereocenters. The van der Waals surface area contributed by atoms with Gasteiger partial charge in [-0.25, -0.2) is 0 Å². The molecule has 0 amide bonds. The van der Waals surface area contributed by atoms with E-state index >= 15 is 0 Å². The maximum atomic E-state index is 4.59. The van der Waals surface area contributed by atoms with Crippen LogP contribution >= 0.6 is 0 Å². The quantitative estimate of drug-likeness (QED) is 0.943. The molecule has 0 spiro atoms. The topological polar surface area (TPSA) is 57.7 Å². The predicted molar refractivity (Wildman–Crippen MR) is 87.5 cm³/mol. The fourth-order valence-electron chi connectivity index (χ4n) is 3.17. The van der Waals surface area contributed by atoms with Crippen molar-refractivity contribution in [3.8, 4) is 11.4 Å². The van der Waals surface area contributed by atoms with E-state index < -0.39 is 0 Å². The lowest BCUT2D eigenvalue weighted by Gasteiger charge is -2.35. The third-order valence-electron chi connectivity index (χ3n) is 4.45. The average molecular weight is 299 g/mol. The van der Waals surface area contributed by atoms with E-state index in [1.165, 1.54) is 25.9 Å². The summed E-state index contributed by atoms with van der Waals surface area (Å²) in [5, 5.41) is 7.17. The Morgan fingerprint density at radius 1 is 1.27 bits per heavy atom. The van der Waals surface area contributed by atoms with Crippen LogP contribution in [0.15, 0.2) is 18.5 Å². The molecular formula is C17H25N5. The van der Waals surface area contributed by atoms with E-state index in [4.69, 9.17) is 0 Å². The van der Waals surface area contributed by atoms with E-state index in [1.54, 1.807) is 0 Å². The number of aromatic amines is 1. The van der Waals surface area contributed by atoms with Crippen LogP contribution in [0.1, 0.15) is 38.1 Å². The van der Waals surface area contributed by atoms with Crippen molar-refractivity contribution in [2.45, 2.75) is 46.1 Å². The summed E-state index contributed by atoms with van der Waals surface area (Å²) < 4.78 is 0. The summed E-state index contributed by atoms with van der Waals surface area (Å²) in [6, 6.07) is 2.63. The summed E-state index contributed by atoms with van der Waals surface area (Å²) in [6.07, 6.45) is 7.36. The second kappa shape index (κ2) is 6.57. The van der Waals surface area contributed by atoms with Crippen LogP contribution in [0.2, 0.25) is 0 Å². The number of nitrogens with zero attached hydrogens (tertiary/aromatic N) is 4. The number of nitrogens with one attached hydrogen (secondary N) is 1. The van der Waals surface area contributed by atoms with Crippen LogP contribution in [0.25, 0.3) is 11.4 Å². The zero-order valence-corrected chi connectivity index (χ0v) is 13.7. The first kappa shape index (κ1) is 15.2. The second-order valence-electron chi connectivity index (χ2n) is 6.63. The van der Waals surface area contributed by atoms with Gasteiger partial charge in [0.2, 0.25) is 0 Å². The number of aryl methyl sites for hydroxylation is 1. The van der Waals surface area contributed by atoms with Crippen LogP contribution < -0.4 is 0 Å². The van der Waals surface area contributed by atoms with Gasteiger partial charge < -0.3 is 4.90 Å². The van der Waals surface area contributed by atoms with Gasteiger partial charge in [0.05, 0.1) is 11.9 Å². The highest BCUT2D eigenvalue weighted by atomic mass is 15.2. The van der Waals surface area contributed by atoms with E-state index in [0.717, 1.165) is 29.2 Å². The number of hydrogen-bond acceptors (Lipinski definition) is 4. The summed E-state index contributed by atoms with van der Waals surface area (Å²) in [5.41, 5.74) is 3.82. The Balaban J connectivity index is 1.63. The number of piperidine rings is 1. The zero-order chi connectivity index (χ0) is 15.5. The molecule has 1 saturated heterocycles. The molecule has 118 valence electrons. The third kappa shape index (κ3) is 3.53. The van der Waals surface area contributed by atoms with Gasteiger partial charge >= 0.3 is 0 Å². The monoisotopic (exact) mass is 299 g/mol. The van der Waals surface area contributed by atoms with Crippen LogP contribution in [0.4, 0.5) is 0 Å². The van der Waals surface area contributed by atoms with Gasteiger partial charge in [0, 0.05) is 24.5 Å². The summed E-state index contributed by atoms with van der Waals surface area (Å²) in [7, 11) is 0. The van der Waals surface area contributed by atoms with E-state index in [9.17, 15) is 0 Å². The fraction of sp³-hybridized carbons (Fsp3) is 0.588. The molecular weight excluding hydrogens is 274 g/mol. The first-order chi connectivity index (χ1) is 10.6. The van der Waals surface area contributed by atoms with E-state index in [-0.39, 0.29) is 0 Å². The maximum Gasteiger partial charge on any atom is 0.112 e. The first-order valence-corrected chi connectivity index (χ1v) is 8.19. The lowest BCUT2D eigenvalue weighted by atomic mass is 9.93. The minimum Gasteiger partial charge on any atom is -0.301 e. The minimum absolute atomic E-state index is 0.638. The van der Waals surface area contributed by atoms with Crippen molar-refractivity contribution >= 4 is 0 Å². The molecule has 22 heavy (non-hydrogen) atoms. The Hall–Kier alpha value is -1.75. The fourth-order valence-corrected chi connectivity index (χ4v) is 3.17. The smallest absolute Gasteiger partial charge is 0.112 e. The molecule has 0 saturated carbocycles. The highest BCUT2D eigenvalue weighted by molar-refractivity contribution is 5.52. The normalized spacial score (nSPS) is 19.7. The molecule has 1 fully saturated rings. The molecule has 0 aromatic carbocycles. The highest BCUT2D eigenvalue weighted by Crippen LogP contribution is 2.22. The SMILES string of the molecule is Cc1cc(-c2cnc(C[C@H]3CCCN(C(C)C)C3)cn2)n[nH]1. The molecule has 0 aliphatic carbocycles. The van der Waals surface area contributed by atoms with Gasteiger partial charge in [-0.15, -0.1) is 0 Å². The van der Waals surface area contributed by atoms with Crippen LogP contribution in [-0.2, 0) is 6.42 Å². The Kier molecular flexibility index (Phi) is 4.52. The minimum atomic E-state index is 0.638. The number of likely N-dealkylation sites (tertiary alicyclic amines) is 1. The van der Waals surface area contributed by atoms with Crippen LogP contribution in [0, 0.1) is 12.8 Å². The van der Waals surface area contributed by atoms with Gasteiger partial charge in [-0.2, -0.15) is 5.10 Å². The van der Waals surface area contributed by atoms with E-state index in [2.05, 4.69) is 38.9 Å². The standard InChI is InChI=1S/C17H25N5/c1-12(2)22-6-4-5-14(11-22)8-15-9-19-17(10-18-15)16-7-13(3)20-21-16/h7,9-10,12,14H,4-6,8,11H2,1-3H3,(H,20,21)/t14-/m1/s1. The Morgan fingerprint density at radius 2 is 2.14 bits per heavy atom. The molecule has 1 N–H and O–H groups in total. The van der Waals surface area contributed by atoms with Gasteiger partial charge in [-0.05, 0) is 58.6 Å². The lowest BCUT2D eigenvalue weighted by Crippen LogP contribution is -2.40. The molecule has 0 radical (unpaired) electrons. The molecule has 5 nitrogen and oxygen atoms in total. The summed E-state index contributed by atoms with van der Waals surface area (Å²) in [5.74, 6) is 0.698. The number of rotatable bonds is 4. The van der Waals surface area contributed by atoms with Crippen molar-refractivity contribution in [1.82, 2.24) is 25.1 Å². The Bertz CT molecular complexity index is 602. The van der Waals surface area contributed by atoms with Gasteiger partial charge in [0.15, 0.2) is 0 Å². The zero-order valence-electron chi connectivity index (χ0n) is 13.7. The number of H-pyrrole nitrogens is 1. The third-order valence-corrected chi connectivity index (χ3v) is 4.45. The van der Waals surface area contributed by atoms with Crippen molar-refractivity contribution in [3.63, 3.8) is 0 Å².